The lowest BCUT2D eigenvalue weighted by Crippen LogP contribution is -2.56. The van der Waals surface area contributed by atoms with Gasteiger partial charge in [-0.25, -0.2) is 4.79 Å². The van der Waals surface area contributed by atoms with E-state index >= 15 is 0 Å². The topological polar surface area (TPSA) is 122 Å². The number of para-hydroxylation sites is 1. The molecule has 1 aliphatic heterocycles. The normalized spacial score (nSPS) is 17.6. The minimum atomic E-state index is -1.13. The molecule has 166 valence electrons. The molecule has 0 bridgehead atoms. The van der Waals surface area contributed by atoms with E-state index in [1.54, 1.807) is 20.0 Å². The van der Waals surface area contributed by atoms with Crippen LogP contribution in [0.3, 0.4) is 0 Å². The number of oxime groups is 1. The van der Waals surface area contributed by atoms with Crippen molar-refractivity contribution in [2.24, 2.45) is 5.16 Å². The number of aromatic nitrogens is 1. The highest BCUT2D eigenvalue weighted by Crippen LogP contribution is 2.21. The average molecular weight is 449 g/mol. The summed E-state index contributed by atoms with van der Waals surface area (Å²) >= 11 is 5.88. The summed E-state index contributed by atoms with van der Waals surface area (Å²) in [4.78, 5) is 45.8. The van der Waals surface area contributed by atoms with Crippen LogP contribution in [-0.4, -0.2) is 52.2 Å². The highest BCUT2D eigenvalue weighted by Gasteiger charge is 2.38. The maximum absolute atomic E-state index is 13.1. The van der Waals surface area contributed by atoms with Crippen LogP contribution in [0.25, 0.3) is 10.9 Å². The molecule has 2 aromatic rings. The van der Waals surface area contributed by atoms with Crippen LogP contribution in [0.5, 0.6) is 0 Å². The number of amides is 2. The molecule has 0 radical (unpaired) electrons. The second-order valence-electron chi connectivity index (χ2n) is 7.60. The first-order valence-corrected chi connectivity index (χ1v) is 10.3. The smallest absolute Gasteiger partial charge is 0.332 e. The summed E-state index contributed by atoms with van der Waals surface area (Å²) in [6.45, 7) is 4.73. The Bertz CT molecular complexity index is 1000. The number of rotatable bonds is 8. The summed E-state index contributed by atoms with van der Waals surface area (Å²) in [6.07, 6.45) is 0.998. The van der Waals surface area contributed by atoms with Gasteiger partial charge in [0.1, 0.15) is 11.2 Å². The van der Waals surface area contributed by atoms with Crippen LogP contribution >= 0.6 is 11.6 Å². The van der Waals surface area contributed by atoms with Gasteiger partial charge in [-0.2, -0.15) is 0 Å². The van der Waals surface area contributed by atoms with Gasteiger partial charge in [0.05, 0.1) is 6.10 Å². The lowest BCUT2D eigenvalue weighted by Gasteiger charge is -2.25. The number of benzene rings is 1. The van der Waals surface area contributed by atoms with Crippen LogP contribution in [0.15, 0.2) is 35.6 Å². The van der Waals surface area contributed by atoms with Gasteiger partial charge in [0.15, 0.2) is 12.1 Å². The molecule has 10 heteroatoms. The van der Waals surface area contributed by atoms with Crippen LogP contribution in [0.4, 0.5) is 0 Å². The molecule has 9 nitrogen and oxygen atoms in total. The van der Waals surface area contributed by atoms with Crippen molar-refractivity contribution in [2.75, 3.05) is 0 Å². The van der Waals surface area contributed by atoms with E-state index in [9.17, 15) is 14.4 Å². The van der Waals surface area contributed by atoms with E-state index < -0.39 is 30.1 Å². The number of hydrogen-bond acceptors (Lipinski definition) is 6. The van der Waals surface area contributed by atoms with Gasteiger partial charge in [-0.3, -0.25) is 9.59 Å². The molecule has 1 aromatic heterocycles. The van der Waals surface area contributed by atoms with Crippen LogP contribution in [0, 0.1) is 0 Å². The highest BCUT2D eigenvalue weighted by molar-refractivity contribution is 6.65. The number of nitrogens with one attached hydrogen (secondary N) is 3. The fourth-order valence-corrected chi connectivity index (χ4v) is 3.57. The first kappa shape index (κ1) is 22.6. The quantitative estimate of drug-likeness (QED) is 0.533. The van der Waals surface area contributed by atoms with Gasteiger partial charge in [-0.1, -0.05) is 35.0 Å². The SMILES string of the molecule is CC(=O)NC(Cc1c[nH]c2ccccc12)C(=O)NC(C(=O)OC(C)C)C1CC(Cl)=NO1. The van der Waals surface area contributed by atoms with Gasteiger partial charge in [0.25, 0.3) is 0 Å². The van der Waals surface area contributed by atoms with Crippen molar-refractivity contribution < 1.29 is 24.0 Å². The van der Waals surface area contributed by atoms with Crippen molar-refractivity contribution in [2.45, 2.75) is 57.9 Å². The van der Waals surface area contributed by atoms with Gasteiger partial charge >= 0.3 is 5.97 Å². The number of carbonyl (C=O) groups excluding carboxylic acids is 3. The molecule has 0 fully saturated rings. The predicted molar refractivity (Wildman–Crippen MR) is 116 cm³/mol. The molecule has 31 heavy (non-hydrogen) atoms. The first-order chi connectivity index (χ1) is 14.7. The fraction of sp³-hybridized carbons (Fsp3) is 0.429. The second kappa shape index (κ2) is 9.82. The second-order valence-corrected chi connectivity index (χ2v) is 8.04. The maximum Gasteiger partial charge on any atom is 0.332 e. The van der Waals surface area contributed by atoms with E-state index in [2.05, 4.69) is 20.8 Å². The van der Waals surface area contributed by atoms with Crippen LogP contribution in [0.2, 0.25) is 0 Å². The molecule has 2 amide bonds. The molecule has 0 saturated heterocycles. The molecule has 3 atom stereocenters. The van der Waals surface area contributed by atoms with Crippen molar-refractivity contribution in [3.8, 4) is 0 Å². The monoisotopic (exact) mass is 448 g/mol. The summed E-state index contributed by atoms with van der Waals surface area (Å²) < 4.78 is 5.27. The lowest BCUT2D eigenvalue weighted by molar-refractivity contribution is -0.155. The molecule has 3 unspecified atom stereocenters. The average Bonchev–Trinajstić information content (AvgIpc) is 3.31. The number of fused-ring (bicyclic) bond motifs is 1. The van der Waals surface area contributed by atoms with Gasteiger partial charge < -0.3 is 25.2 Å². The largest absolute Gasteiger partial charge is 0.461 e. The molecule has 3 N–H and O–H groups in total. The molecule has 1 aliphatic rings. The zero-order valence-electron chi connectivity index (χ0n) is 17.5. The molecule has 0 spiro atoms. The van der Waals surface area contributed by atoms with E-state index in [0.29, 0.717) is 0 Å². The number of aromatic amines is 1. The number of hydrogen-bond donors (Lipinski definition) is 3. The number of esters is 1. The number of ether oxygens (including phenoxy) is 1. The summed E-state index contributed by atoms with van der Waals surface area (Å²) in [7, 11) is 0. The first-order valence-electron chi connectivity index (χ1n) is 9.95. The van der Waals surface area contributed by atoms with Crippen LogP contribution < -0.4 is 10.6 Å². The van der Waals surface area contributed by atoms with Gasteiger partial charge in [-0.15, -0.1) is 0 Å². The van der Waals surface area contributed by atoms with Crippen molar-refractivity contribution in [1.82, 2.24) is 15.6 Å². The summed E-state index contributed by atoms with van der Waals surface area (Å²) in [6, 6.07) is 5.61. The summed E-state index contributed by atoms with van der Waals surface area (Å²) in [5.41, 5.74) is 1.78. The van der Waals surface area contributed by atoms with Crippen molar-refractivity contribution in [3.63, 3.8) is 0 Å². The van der Waals surface area contributed by atoms with Crippen molar-refractivity contribution in [1.29, 1.82) is 0 Å². The van der Waals surface area contributed by atoms with E-state index in [4.69, 9.17) is 21.2 Å². The van der Waals surface area contributed by atoms with Gasteiger partial charge in [0.2, 0.25) is 11.8 Å². The van der Waals surface area contributed by atoms with E-state index in [-0.39, 0.29) is 30.0 Å². The zero-order chi connectivity index (χ0) is 22.5. The van der Waals surface area contributed by atoms with Gasteiger partial charge in [-0.05, 0) is 25.5 Å². The Kier molecular flexibility index (Phi) is 7.17. The Morgan fingerprint density at radius 1 is 1.29 bits per heavy atom. The predicted octanol–water partition coefficient (Wildman–Crippen LogP) is 1.99. The highest BCUT2D eigenvalue weighted by atomic mass is 35.5. The van der Waals surface area contributed by atoms with E-state index in [1.807, 2.05) is 24.3 Å². The maximum atomic E-state index is 13.1. The molecule has 0 aliphatic carbocycles. The molecule has 2 heterocycles. The Morgan fingerprint density at radius 2 is 2.03 bits per heavy atom. The third-order valence-corrected chi connectivity index (χ3v) is 4.95. The standard InChI is InChI=1S/C21H25ClN4O5/c1-11(2)30-21(29)19(17-9-18(22)26-31-17)25-20(28)16(24-12(3)27)8-13-10-23-15-7-5-4-6-14(13)15/h4-7,10-11,16-17,19,23H,8-9H2,1-3H3,(H,24,27)(H,25,28). The lowest BCUT2D eigenvalue weighted by atomic mass is 10.0. The summed E-state index contributed by atoms with van der Waals surface area (Å²) in [5, 5.41) is 10.1. The molecule has 1 aromatic carbocycles. The Balaban J connectivity index is 1.79. The zero-order valence-corrected chi connectivity index (χ0v) is 18.2. The molecular formula is C21H25ClN4O5. The Morgan fingerprint density at radius 3 is 2.68 bits per heavy atom. The third-order valence-electron chi connectivity index (χ3n) is 4.73. The molecule has 0 saturated carbocycles. The minimum Gasteiger partial charge on any atom is -0.461 e. The number of carbonyl (C=O) groups is 3. The molecular weight excluding hydrogens is 424 g/mol. The minimum absolute atomic E-state index is 0.160. The van der Waals surface area contributed by atoms with Crippen LogP contribution in [-0.2, 0) is 30.4 Å². The Labute approximate surface area is 184 Å². The van der Waals surface area contributed by atoms with E-state index in [1.165, 1.54) is 6.92 Å². The number of halogens is 1. The Hall–Kier alpha value is -3.07. The molecule has 3 rings (SSSR count). The third kappa shape index (κ3) is 5.75. The van der Waals surface area contributed by atoms with Crippen molar-refractivity contribution >= 4 is 45.5 Å². The fourth-order valence-electron chi connectivity index (χ4n) is 3.38. The number of H-pyrrole nitrogens is 1. The van der Waals surface area contributed by atoms with E-state index in [0.717, 1.165) is 16.5 Å². The van der Waals surface area contributed by atoms with Crippen LogP contribution in [0.1, 0.15) is 32.8 Å². The number of nitrogens with zero attached hydrogens (tertiary/aromatic N) is 1. The van der Waals surface area contributed by atoms with Gasteiger partial charge in [0, 0.05) is 36.9 Å². The summed E-state index contributed by atoms with van der Waals surface area (Å²) in [5.74, 6) is -1.58. The van der Waals surface area contributed by atoms with Crippen molar-refractivity contribution in [3.05, 3.63) is 36.0 Å².